The molecule has 1 saturated heterocycles. The van der Waals surface area contributed by atoms with E-state index >= 15 is 0 Å². The van der Waals surface area contributed by atoms with E-state index in [1.165, 1.54) is 5.57 Å². The molecule has 3 nitrogen and oxygen atoms in total. The van der Waals surface area contributed by atoms with Crippen molar-refractivity contribution in [3.8, 4) is 0 Å². The lowest BCUT2D eigenvalue weighted by molar-refractivity contribution is -0.214. The van der Waals surface area contributed by atoms with Crippen molar-refractivity contribution in [1.82, 2.24) is 0 Å². The van der Waals surface area contributed by atoms with Crippen LogP contribution in [0.1, 0.15) is 32.1 Å². The Kier molecular flexibility index (Phi) is 1.62. The maximum Gasteiger partial charge on any atom is 0.171 e. The third-order valence-electron chi connectivity index (χ3n) is 4.98. The first-order valence-electron chi connectivity index (χ1n) is 6.24. The maximum absolute atomic E-state index is 11.5. The second kappa shape index (κ2) is 2.77. The lowest BCUT2D eigenvalue weighted by atomic mass is 9.71. The summed E-state index contributed by atoms with van der Waals surface area (Å²) in [4.78, 5) is 11.5. The Bertz CT molecular complexity index is 392. The smallest absolute Gasteiger partial charge is 0.171 e. The van der Waals surface area contributed by atoms with Crippen molar-refractivity contribution in [1.29, 1.82) is 0 Å². The summed E-state index contributed by atoms with van der Waals surface area (Å²) in [6, 6.07) is 0. The fourth-order valence-electron chi connectivity index (χ4n) is 4.26. The first-order valence-corrected chi connectivity index (χ1v) is 6.24. The summed E-state index contributed by atoms with van der Waals surface area (Å²) >= 11 is 0. The Morgan fingerprint density at radius 2 is 2.06 bits per heavy atom. The van der Waals surface area contributed by atoms with Crippen molar-refractivity contribution in [2.45, 2.75) is 37.9 Å². The van der Waals surface area contributed by atoms with E-state index in [9.17, 15) is 4.79 Å². The topological polar surface area (TPSA) is 35.5 Å². The zero-order chi connectivity index (χ0) is 10.8. The Morgan fingerprint density at radius 1 is 1.25 bits per heavy atom. The molecule has 0 N–H and O–H groups in total. The van der Waals surface area contributed by atoms with E-state index < -0.39 is 0 Å². The minimum Gasteiger partial charge on any atom is -0.347 e. The number of carbonyl (C=O) groups is 1. The number of carbonyl (C=O) groups excluding carboxylic acids is 1. The zero-order valence-electron chi connectivity index (χ0n) is 9.33. The highest BCUT2D eigenvalue weighted by Crippen LogP contribution is 2.63. The molecule has 4 aliphatic rings. The van der Waals surface area contributed by atoms with E-state index in [2.05, 4.69) is 0 Å². The minimum atomic E-state index is -0.292. The molecule has 2 saturated carbocycles. The summed E-state index contributed by atoms with van der Waals surface area (Å²) in [6.45, 7) is 1.48. The van der Waals surface area contributed by atoms with Gasteiger partial charge in [0.1, 0.15) is 0 Å². The van der Waals surface area contributed by atoms with E-state index in [-0.39, 0.29) is 11.2 Å². The molecule has 1 aliphatic heterocycles. The van der Waals surface area contributed by atoms with Crippen LogP contribution in [0.4, 0.5) is 0 Å². The van der Waals surface area contributed by atoms with Gasteiger partial charge in [-0.25, -0.2) is 0 Å². The fraction of sp³-hybridized carbons (Fsp3) is 0.769. The van der Waals surface area contributed by atoms with E-state index in [0.717, 1.165) is 45.3 Å². The van der Waals surface area contributed by atoms with Crippen molar-refractivity contribution >= 4 is 5.78 Å². The van der Waals surface area contributed by atoms with E-state index in [0.29, 0.717) is 11.7 Å². The molecule has 3 aliphatic carbocycles. The molecule has 0 unspecified atom stereocenters. The Labute approximate surface area is 94.8 Å². The van der Waals surface area contributed by atoms with E-state index in [4.69, 9.17) is 9.47 Å². The molecule has 1 heterocycles. The van der Waals surface area contributed by atoms with Gasteiger partial charge < -0.3 is 9.47 Å². The number of ketones is 1. The average Bonchev–Trinajstić information content (AvgIpc) is 2.85. The van der Waals surface area contributed by atoms with Crippen molar-refractivity contribution in [3.05, 3.63) is 11.6 Å². The Morgan fingerprint density at radius 3 is 2.88 bits per heavy atom. The molecule has 0 aromatic heterocycles. The highest BCUT2D eigenvalue weighted by Gasteiger charge is 2.60. The fourth-order valence-corrected chi connectivity index (χ4v) is 4.26. The highest BCUT2D eigenvalue weighted by atomic mass is 16.7. The highest BCUT2D eigenvalue weighted by molar-refractivity contribution is 5.94. The summed E-state index contributed by atoms with van der Waals surface area (Å²) in [5, 5.41) is 0. The zero-order valence-corrected chi connectivity index (χ0v) is 9.33. The number of allylic oxidation sites excluding steroid dienone is 2. The normalized spacial score (nSPS) is 43.9. The number of hydrogen-bond acceptors (Lipinski definition) is 3. The molecule has 0 radical (unpaired) electrons. The van der Waals surface area contributed by atoms with Crippen LogP contribution in [-0.2, 0) is 14.3 Å². The number of fused-ring (bicyclic) bond motifs is 2. The summed E-state index contributed by atoms with van der Waals surface area (Å²) in [5.74, 6) is 0.528. The summed E-state index contributed by atoms with van der Waals surface area (Å²) < 4.78 is 11.7. The first kappa shape index (κ1) is 9.37. The van der Waals surface area contributed by atoms with Crippen LogP contribution in [0.2, 0.25) is 0 Å². The molecule has 2 spiro atoms. The molecular weight excluding hydrogens is 204 g/mol. The van der Waals surface area contributed by atoms with Gasteiger partial charge in [-0.2, -0.15) is 0 Å². The van der Waals surface area contributed by atoms with Gasteiger partial charge in [-0.1, -0.05) is 5.57 Å². The van der Waals surface area contributed by atoms with Crippen molar-refractivity contribution in [2.75, 3.05) is 13.2 Å². The predicted molar refractivity (Wildman–Crippen MR) is 56.7 cm³/mol. The van der Waals surface area contributed by atoms with Crippen molar-refractivity contribution in [3.63, 3.8) is 0 Å². The molecule has 0 amide bonds. The standard InChI is InChI=1S/C13H16O3/c14-11-6-9-5-10-7-12(9,8-11)1-2-13(10)15-3-4-16-13/h6,10H,1-5,7-8H2/t10-,12-/m1/s1. The largest absolute Gasteiger partial charge is 0.347 e. The van der Waals surface area contributed by atoms with E-state index in [1.807, 2.05) is 6.08 Å². The van der Waals surface area contributed by atoms with Gasteiger partial charge in [0.05, 0.1) is 13.2 Å². The molecule has 86 valence electrons. The van der Waals surface area contributed by atoms with Crippen LogP contribution in [0, 0.1) is 11.3 Å². The number of hydrogen-bond donors (Lipinski definition) is 0. The molecule has 0 aromatic carbocycles. The number of rotatable bonds is 0. The van der Waals surface area contributed by atoms with Crippen LogP contribution in [0.3, 0.4) is 0 Å². The average molecular weight is 220 g/mol. The molecule has 4 rings (SSSR count). The summed E-state index contributed by atoms with van der Waals surface area (Å²) in [5.41, 5.74) is 1.60. The molecule has 2 bridgehead atoms. The first-order chi connectivity index (χ1) is 7.73. The molecular formula is C13H16O3. The lowest BCUT2D eigenvalue weighted by Crippen LogP contribution is -2.43. The third-order valence-corrected chi connectivity index (χ3v) is 4.98. The van der Waals surface area contributed by atoms with Gasteiger partial charge in [0.2, 0.25) is 0 Å². The molecule has 2 atom stereocenters. The van der Waals surface area contributed by atoms with Crippen molar-refractivity contribution in [2.24, 2.45) is 11.3 Å². The summed E-state index contributed by atoms with van der Waals surface area (Å²) in [6.07, 6.45) is 6.81. The van der Waals surface area contributed by atoms with Crippen LogP contribution in [-0.4, -0.2) is 24.8 Å². The molecule has 3 fully saturated rings. The van der Waals surface area contributed by atoms with Gasteiger partial charge >= 0.3 is 0 Å². The van der Waals surface area contributed by atoms with Gasteiger partial charge in [-0.15, -0.1) is 0 Å². The third kappa shape index (κ3) is 0.986. The van der Waals surface area contributed by atoms with Crippen LogP contribution in [0.5, 0.6) is 0 Å². The van der Waals surface area contributed by atoms with Gasteiger partial charge in [-0.05, 0) is 30.8 Å². The molecule has 0 aromatic rings. The summed E-state index contributed by atoms with van der Waals surface area (Å²) in [7, 11) is 0. The van der Waals surface area contributed by atoms with Gasteiger partial charge in [0.25, 0.3) is 0 Å². The SMILES string of the molecule is O=C1C=C2C[C@@H]3C[C@]2(CCC32OCCO2)C1. The van der Waals surface area contributed by atoms with Crippen LogP contribution in [0.15, 0.2) is 11.6 Å². The minimum absolute atomic E-state index is 0.211. The molecule has 3 heteroatoms. The second-order valence-electron chi connectivity index (χ2n) is 5.71. The predicted octanol–water partition coefficient (Wildman–Crippen LogP) is 1.82. The van der Waals surface area contributed by atoms with Gasteiger partial charge in [0.15, 0.2) is 11.6 Å². The van der Waals surface area contributed by atoms with E-state index in [1.54, 1.807) is 0 Å². The second-order valence-corrected chi connectivity index (χ2v) is 5.71. The lowest BCUT2D eigenvalue weighted by Gasteiger charge is -2.41. The number of ether oxygens (including phenoxy) is 2. The quantitative estimate of drug-likeness (QED) is 0.624. The molecule has 16 heavy (non-hydrogen) atoms. The van der Waals surface area contributed by atoms with Crippen LogP contribution < -0.4 is 0 Å². The monoisotopic (exact) mass is 220 g/mol. The van der Waals surface area contributed by atoms with Crippen LogP contribution in [0.25, 0.3) is 0 Å². The van der Waals surface area contributed by atoms with Crippen molar-refractivity contribution < 1.29 is 14.3 Å². The Balaban J connectivity index is 1.72. The van der Waals surface area contributed by atoms with Gasteiger partial charge in [-0.3, -0.25) is 4.79 Å². The van der Waals surface area contributed by atoms with Crippen LogP contribution >= 0.6 is 0 Å². The Hall–Kier alpha value is -0.670. The van der Waals surface area contributed by atoms with Gasteiger partial charge in [0, 0.05) is 18.8 Å². The maximum atomic E-state index is 11.5.